The zero-order valence-electron chi connectivity index (χ0n) is 13.4. The van der Waals surface area contributed by atoms with Crippen molar-refractivity contribution in [3.05, 3.63) is 46.4 Å². The second kappa shape index (κ2) is 5.85. The molecule has 0 spiro atoms. The van der Waals surface area contributed by atoms with Crippen LogP contribution in [0.1, 0.15) is 10.4 Å². The van der Waals surface area contributed by atoms with E-state index >= 15 is 0 Å². The summed E-state index contributed by atoms with van der Waals surface area (Å²) in [5, 5.41) is 2.75. The number of hydrogen-bond acceptors (Lipinski definition) is 4. The summed E-state index contributed by atoms with van der Waals surface area (Å²) in [5.41, 5.74) is 1.33. The van der Waals surface area contributed by atoms with Gasteiger partial charge in [0.2, 0.25) is 5.78 Å². The first kappa shape index (κ1) is 15.2. The van der Waals surface area contributed by atoms with Crippen LogP contribution in [0.3, 0.4) is 0 Å². The molecular weight excluding hydrogens is 294 g/mol. The van der Waals surface area contributed by atoms with Crippen molar-refractivity contribution >= 4 is 22.7 Å². The van der Waals surface area contributed by atoms with E-state index in [2.05, 4.69) is 10.3 Å². The fourth-order valence-corrected chi connectivity index (χ4v) is 2.59. The first-order valence-electron chi connectivity index (χ1n) is 7.39. The first-order valence-corrected chi connectivity index (χ1v) is 7.39. The molecule has 1 aromatic carbocycles. The molecule has 2 aromatic heterocycles. The number of likely N-dealkylation sites (N-methyl/N-ethyl adjacent to an activating group) is 1. The highest BCUT2D eigenvalue weighted by atomic mass is 16.2. The maximum Gasteiger partial charge on any atom is 0.272 e. The summed E-state index contributed by atoms with van der Waals surface area (Å²) in [6, 6.07) is 7.53. The Morgan fingerprint density at radius 3 is 2.65 bits per heavy atom. The summed E-state index contributed by atoms with van der Waals surface area (Å²) in [7, 11) is 5.69. The third-order valence-corrected chi connectivity index (χ3v) is 3.82. The Hall–Kier alpha value is -2.67. The molecule has 0 saturated carbocycles. The van der Waals surface area contributed by atoms with Crippen LogP contribution in [0.5, 0.6) is 0 Å². The number of nitrogens with one attached hydrogen (secondary N) is 1. The number of carbonyl (C=O) groups excluding carboxylic acids is 1. The summed E-state index contributed by atoms with van der Waals surface area (Å²) < 4.78 is 3.32. The number of para-hydroxylation sites is 2. The number of aryl methyl sites for hydroxylation is 1. The molecule has 3 rings (SSSR count). The standard InChI is InChI=1S/C16H19N5O2/c1-19(2)9-8-17-14(22)11-10-18-16-20(3)12-6-4-5-7-13(12)21(16)15(11)23/h4-7,10H,8-9H2,1-3H3,(H,17,22). The van der Waals surface area contributed by atoms with Gasteiger partial charge in [-0.15, -0.1) is 0 Å². The molecule has 3 aromatic rings. The maximum atomic E-state index is 12.7. The SMILES string of the molecule is CN(C)CCNC(=O)c1cnc2n(C)c3ccccc3n2c1=O. The van der Waals surface area contributed by atoms with Gasteiger partial charge in [0.1, 0.15) is 5.56 Å². The average Bonchev–Trinajstić information content (AvgIpc) is 2.81. The van der Waals surface area contributed by atoms with Crippen molar-refractivity contribution in [2.45, 2.75) is 0 Å². The third kappa shape index (κ3) is 2.59. The van der Waals surface area contributed by atoms with Gasteiger partial charge in [-0.25, -0.2) is 9.38 Å². The molecular formula is C16H19N5O2. The normalized spacial score (nSPS) is 11.5. The Morgan fingerprint density at radius 1 is 1.26 bits per heavy atom. The lowest BCUT2D eigenvalue weighted by Crippen LogP contribution is -2.35. The van der Waals surface area contributed by atoms with Crippen molar-refractivity contribution in [1.29, 1.82) is 0 Å². The highest BCUT2D eigenvalue weighted by Gasteiger charge is 2.17. The lowest BCUT2D eigenvalue weighted by atomic mass is 10.3. The lowest BCUT2D eigenvalue weighted by molar-refractivity contribution is 0.0949. The molecule has 7 nitrogen and oxygen atoms in total. The largest absolute Gasteiger partial charge is 0.351 e. The van der Waals surface area contributed by atoms with Crippen LogP contribution in [0.4, 0.5) is 0 Å². The van der Waals surface area contributed by atoms with Gasteiger partial charge in [0.05, 0.1) is 11.0 Å². The Kier molecular flexibility index (Phi) is 3.87. The Morgan fingerprint density at radius 2 is 1.96 bits per heavy atom. The summed E-state index contributed by atoms with van der Waals surface area (Å²) in [5.74, 6) is 0.118. The molecule has 0 aliphatic rings. The highest BCUT2D eigenvalue weighted by molar-refractivity contribution is 5.94. The molecule has 0 atom stereocenters. The van der Waals surface area contributed by atoms with E-state index in [4.69, 9.17) is 0 Å². The summed E-state index contributed by atoms with van der Waals surface area (Å²) in [6.45, 7) is 1.18. The van der Waals surface area contributed by atoms with Crippen LogP contribution in [0.2, 0.25) is 0 Å². The van der Waals surface area contributed by atoms with Crippen LogP contribution in [0.25, 0.3) is 16.8 Å². The zero-order chi connectivity index (χ0) is 16.6. The van der Waals surface area contributed by atoms with E-state index in [1.807, 2.05) is 54.9 Å². The molecule has 0 fully saturated rings. The smallest absolute Gasteiger partial charge is 0.272 e. The molecule has 0 saturated heterocycles. The van der Waals surface area contributed by atoms with E-state index in [9.17, 15) is 9.59 Å². The Labute approximate surface area is 133 Å². The molecule has 0 bridgehead atoms. The molecule has 120 valence electrons. The molecule has 0 unspecified atom stereocenters. The highest BCUT2D eigenvalue weighted by Crippen LogP contribution is 2.16. The second-order valence-corrected chi connectivity index (χ2v) is 5.72. The number of imidazole rings is 1. The minimum Gasteiger partial charge on any atom is -0.351 e. The number of rotatable bonds is 4. The quantitative estimate of drug-likeness (QED) is 0.760. The van der Waals surface area contributed by atoms with Crippen LogP contribution in [-0.2, 0) is 7.05 Å². The number of hydrogen-bond donors (Lipinski definition) is 1. The molecule has 0 aliphatic carbocycles. The first-order chi connectivity index (χ1) is 11.0. The van der Waals surface area contributed by atoms with Gasteiger partial charge in [-0.2, -0.15) is 0 Å². The van der Waals surface area contributed by atoms with Crippen molar-refractivity contribution in [3.63, 3.8) is 0 Å². The average molecular weight is 313 g/mol. The fraction of sp³-hybridized carbons (Fsp3) is 0.312. The molecule has 7 heteroatoms. The Balaban J connectivity index is 2.07. The number of nitrogens with zero attached hydrogens (tertiary/aromatic N) is 4. The van der Waals surface area contributed by atoms with Crippen LogP contribution in [-0.4, -0.2) is 51.9 Å². The van der Waals surface area contributed by atoms with E-state index in [1.54, 1.807) is 0 Å². The van der Waals surface area contributed by atoms with Crippen molar-refractivity contribution in [2.75, 3.05) is 27.2 Å². The van der Waals surface area contributed by atoms with Crippen molar-refractivity contribution in [1.82, 2.24) is 24.2 Å². The van der Waals surface area contributed by atoms with Crippen LogP contribution in [0.15, 0.2) is 35.3 Å². The van der Waals surface area contributed by atoms with Crippen molar-refractivity contribution in [3.8, 4) is 0 Å². The van der Waals surface area contributed by atoms with Gasteiger partial charge in [-0.3, -0.25) is 9.59 Å². The number of carbonyl (C=O) groups is 1. The van der Waals surface area contributed by atoms with Crippen molar-refractivity contribution in [2.24, 2.45) is 7.05 Å². The van der Waals surface area contributed by atoms with E-state index in [0.29, 0.717) is 18.9 Å². The molecule has 23 heavy (non-hydrogen) atoms. The number of amides is 1. The van der Waals surface area contributed by atoms with E-state index in [1.165, 1.54) is 10.6 Å². The zero-order valence-corrected chi connectivity index (χ0v) is 13.4. The van der Waals surface area contributed by atoms with Gasteiger partial charge in [0.25, 0.3) is 11.5 Å². The van der Waals surface area contributed by atoms with Gasteiger partial charge in [0.15, 0.2) is 0 Å². The van der Waals surface area contributed by atoms with E-state index < -0.39 is 5.91 Å². The van der Waals surface area contributed by atoms with E-state index in [-0.39, 0.29) is 11.1 Å². The minimum absolute atomic E-state index is 0.0533. The maximum absolute atomic E-state index is 12.7. The molecule has 0 aliphatic heterocycles. The van der Waals surface area contributed by atoms with Gasteiger partial charge >= 0.3 is 0 Å². The lowest BCUT2D eigenvalue weighted by Gasteiger charge is -2.10. The van der Waals surface area contributed by atoms with Gasteiger partial charge in [0, 0.05) is 26.3 Å². The predicted octanol–water partition coefficient (Wildman–Crippen LogP) is 0.478. The van der Waals surface area contributed by atoms with Gasteiger partial charge in [-0.05, 0) is 26.2 Å². The molecule has 1 N–H and O–H groups in total. The van der Waals surface area contributed by atoms with Crippen molar-refractivity contribution < 1.29 is 4.79 Å². The monoisotopic (exact) mass is 313 g/mol. The molecule has 2 heterocycles. The number of aromatic nitrogens is 3. The molecule has 1 amide bonds. The topological polar surface area (TPSA) is 71.6 Å². The Bertz CT molecular complexity index is 939. The molecule has 0 radical (unpaired) electrons. The second-order valence-electron chi connectivity index (χ2n) is 5.72. The van der Waals surface area contributed by atoms with Crippen LogP contribution < -0.4 is 10.9 Å². The van der Waals surface area contributed by atoms with Crippen LogP contribution in [0, 0.1) is 0 Å². The summed E-state index contributed by atoms with van der Waals surface area (Å²) in [6.07, 6.45) is 1.35. The minimum atomic E-state index is -0.397. The van der Waals surface area contributed by atoms with Gasteiger partial charge < -0.3 is 14.8 Å². The van der Waals surface area contributed by atoms with Crippen LogP contribution >= 0.6 is 0 Å². The summed E-state index contributed by atoms with van der Waals surface area (Å²) >= 11 is 0. The summed E-state index contributed by atoms with van der Waals surface area (Å²) in [4.78, 5) is 31.2. The fourth-order valence-electron chi connectivity index (χ4n) is 2.59. The van der Waals surface area contributed by atoms with Gasteiger partial charge in [-0.1, -0.05) is 12.1 Å². The third-order valence-electron chi connectivity index (χ3n) is 3.82. The predicted molar refractivity (Wildman–Crippen MR) is 88.8 cm³/mol. The number of fused-ring (bicyclic) bond motifs is 3. The number of benzene rings is 1. The van der Waals surface area contributed by atoms with E-state index in [0.717, 1.165) is 11.0 Å².